The number of amides is 1. The molecule has 1 saturated heterocycles. The van der Waals surface area contributed by atoms with Crippen molar-refractivity contribution in [3.05, 3.63) is 48.7 Å². The summed E-state index contributed by atoms with van der Waals surface area (Å²) in [7, 11) is 0. The van der Waals surface area contributed by atoms with Crippen LogP contribution < -0.4 is 15.4 Å². The number of carbonyl (C=O) groups is 1. The molecule has 1 unspecified atom stereocenters. The predicted octanol–water partition coefficient (Wildman–Crippen LogP) is 1.61. The van der Waals surface area contributed by atoms with Crippen molar-refractivity contribution in [2.24, 2.45) is 0 Å². The van der Waals surface area contributed by atoms with E-state index in [1.165, 1.54) is 0 Å². The standard InChI is InChI=1S/C19H17N5O3/c25-18-10-20-8-13(22-18)11-26-19-6-5-17-21-9-14(24(17)23-19)16-7-12-3-1-2-4-15(12)27-16/h1-7,9,13,20H,8,10-11H2,(H,22,25). The molecule has 1 aromatic carbocycles. The number of benzene rings is 1. The lowest BCUT2D eigenvalue weighted by Crippen LogP contribution is -2.54. The molecule has 136 valence electrons. The van der Waals surface area contributed by atoms with Gasteiger partial charge in [-0.05, 0) is 18.2 Å². The van der Waals surface area contributed by atoms with Gasteiger partial charge in [0, 0.05) is 18.0 Å². The first kappa shape index (κ1) is 15.8. The van der Waals surface area contributed by atoms with E-state index in [0.717, 1.165) is 16.7 Å². The highest BCUT2D eigenvalue weighted by molar-refractivity contribution is 5.82. The molecule has 27 heavy (non-hydrogen) atoms. The SMILES string of the molecule is O=C1CNCC(COc2ccc3ncc(-c4cc5ccccc5o4)n3n2)N1. The fourth-order valence-electron chi connectivity index (χ4n) is 3.19. The highest BCUT2D eigenvalue weighted by Crippen LogP contribution is 2.28. The van der Waals surface area contributed by atoms with Gasteiger partial charge in [-0.15, -0.1) is 5.10 Å². The van der Waals surface area contributed by atoms with E-state index in [-0.39, 0.29) is 11.9 Å². The quantitative estimate of drug-likeness (QED) is 0.572. The summed E-state index contributed by atoms with van der Waals surface area (Å²) in [5, 5.41) is 11.5. The fraction of sp³-hybridized carbons (Fsp3) is 0.211. The number of aromatic nitrogens is 3. The molecule has 0 saturated carbocycles. The first-order valence-corrected chi connectivity index (χ1v) is 8.73. The zero-order valence-corrected chi connectivity index (χ0v) is 14.4. The molecule has 8 heteroatoms. The number of nitrogens with one attached hydrogen (secondary N) is 2. The summed E-state index contributed by atoms with van der Waals surface area (Å²) in [5.74, 6) is 1.12. The summed E-state index contributed by atoms with van der Waals surface area (Å²) in [5.41, 5.74) is 2.26. The molecule has 0 bridgehead atoms. The zero-order valence-electron chi connectivity index (χ0n) is 14.4. The Kier molecular flexibility index (Phi) is 3.75. The summed E-state index contributed by atoms with van der Waals surface area (Å²) >= 11 is 0. The molecule has 5 rings (SSSR count). The number of hydrogen-bond donors (Lipinski definition) is 2. The number of ether oxygens (including phenoxy) is 1. The highest BCUT2D eigenvalue weighted by Gasteiger charge is 2.19. The number of piperazine rings is 1. The minimum absolute atomic E-state index is 0.0277. The van der Waals surface area contributed by atoms with Gasteiger partial charge in [-0.3, -0.25) is 4.79 Å². The molecular weight excluding hydrogens is 346 g/mol. The largest absolute Gasteiger partial charge is 0.474 e. The number of furan rings is 1. The molecule has 3 aromatic heterocycles. The number of hydrogen-bond acceptors (Lipinski definition) is 6. The maximum atomic E-state index is 11.4. The van der Waals surface area contributed by atoms with E-state index in [9.17, 15) is 4.79 Å². The Hall–Kier alpha value is -3.39. The van der Waals surface area contributed by atoms with Gasteiger partial charge in [0.25, 0.3) is 0 Å². The molecule has 4 heterocycles. The second-order valence-corrected chi connectivity index (χ2v) is 6.44. The smallest absolute Gasteiger partial charge is 0.234 e. The second-order valence-electron chi connectivity index (χ2n) is 6.44. The number of fused-ring (bicyclic) bond motifs is 2. The van der Waals surface area contributed by atoms with Crippen LogP contribution in [0.3, 0.4) is 0 Å². The van der Waals surface area contributed by atoms with Crippen LogP contribution in [-0.4, -0.2) is 46.2 Å². The third kappa shape index (κ3) is 3.00. The van der Waals surface area contributed by atoms with E-state index in [1.54, 1.807) is 16.8 Å². The van der Waals surface area contributed by atoms with Gasteiger partial charge in [-0.2, -0.15) is 0 Å². The summed E-state index contributed by atoms with van der Waals surface area (Å²) in [6.07, 6.45) is 1.73. The summed E-state index contributed by atoms with van der Waals surface area (Å²) in [6.45, 7) is 1.35. The Morgan fingerprint density at radius 1 is 1.26 bits per heavy atom. The monoisotopic (exact) mass is 363 g/mol. The lowest BCUT2D eigenvalue weighted by atomic mass is 10.2. The number of carbonyl (C=O) groups excluding carboxylic acids is 1. The van der Waals surface area contributed by atoms with Crippen LogP contribution in [0.2, 0.25) is 0 Å². The van der Waals surface area contributed by atoms with E-state index in [1.807, 2.05) is 36.4 Å². The van der Waals surface area contributed by atoms with Crippen molar-refractivity contribution in [3.8, 4) is 17.3 Å². The molecule has 1 amide bonds. The van der Waals surface area contributed by atoms with Crippen molar-refractivity contribution in [1.29, 1.82) is 0 Å². The third-order valence-corrected chi connectivity index (χ3v) is 4.49. The summed E-state index contributed by atoms with van der Waals surface area (Å²) in [4.78, 5) is 15.8. The van der Waals surface area contributed by atoms with Crippen LogP contribution in [0.25, 0.3) is 28.1 Å². The van der Waals surface area contributed by atoms with Gasteiger partial charge in [0.05, 0.1) is 18.8 Å². The van der Waals surface area contributed by atoms with E-state index in [2.05, 4.69) is 20.7 Å². The van der Waals surface area contributed by atoms with E-state index >= 15 is 0 Å². The topological polar surface area (TPSA) is 93.7 Å². The second kappa shape index (κ2) is 6.40. The Balaban J connectivity index is 1.43. The maximum absolute atomic E-state index is 11.4. The van der Waals surface area contributed by atoms with Crippen LogP contribution in [0.15, 0.2) is 53.1 Å². The van der Waals surface area contributed by atoms with Crippen molar-refractivity contribution in [2.75, 3.05) is 19.7 Å². The minimum Gasteiger partial charge on any atom is -0.474 e. The van der Waals surface area contributed by atoms with Crippen LogP contribution in [0, 0.1) is 0 Å². The number of para-hydroxylation sites is 1. The molecule has 1 aliphatic heterocycles. The molecule has 4 aromatic rings. The van der Waals surface area contributed by atoms with Gasteiger partial charge in [-0.25, -0.2) is 9.50 Å². The Labute approximate surface area is 154 Å². The summed E-state index contributed by atoms with van der Waals surface area (Å²) in [6, 6.07) is 13.3. The minimum atomic E-state index is -0.0821. The Morgan fingerprint density at radius 2 is 2.19 bits per heavy atom. The van der Waals surface area contributed by atoms with Crippen molar-refractivity contribution >= 4 is 22.5 Å². The number of imidazole rings is 1. The van der Waals surface area contributed by atoms with Gasteiger partial charge >= 0.3 is 0 Å². The maximum Gasteiger partial charge on any atom is 0.234 e. The fourth-order valence-corrected chi connectivity index (χ4v) is 3.19. The third-order valence-electron chi connectivity index (χ3n) is 4.49. The van der Waals surface area contributed by atoms with E-state index in [0.29, 0.717) is 37.0 Å². The van der Waals surface area contributed by atoms with Crippen LogP contribution in [0.5, 0.6) is 5.88 Å². The van der Waals surface area contributed by atoms with Gasteiger partial charge in [0.15, 0.2) is 11.4 Å². The average molecular weight is 363 g/mol. The van der Waals surface area contributed by atoms with E-state index < -0.39 is 0 Å². The normalized spacial score (nSPS) is 17.3. The van der Waals surface area contributed by atoms with Crippen LogP contribution in [-0.2, 0) is 4.79 Å². The van der Waals surface area contributed by atoms with Crippen molar-refractivity contribution < 1.29 is 13.9 Å². The van der Waals surface area contributed by atoms with Crippen molar-refractivity contribution in [2.45, 2.75) is 6.04 Å². The molecule has 0 spiro atoms. The van der Waals surface area contributed by atoms with Crippen molar-refractivity contribution in [1.82, 2.24) is 25.2 Å². The van der Waals surface area contributed by atoms with Gasteiger partial charge in [0.1, 0.15) is 17.9 Å². The summed E-state index contributed by atoms with van der Waals surface area (Å²) < 4.78 is 13.4. The molecule has 0 radical (unpaired) electrons. The van der Waals surface area contributed by atoms with E-state index in [4.69, 9.17) is 9.15 Å². The predicted molar refractivity (Wildman–Crippen MR) is 98.5 cm³/mol. The van der Waals surface area contributed by atoms with Crippen LogP contribution in [0.1, 0.15) is 0 Å². The van der Waals surface area contributed by atoms with Crippen LogP contribution >= 0.6 is 0 Å². The zero-order chi connectivity index (χ0) is 18.2. The molecule has 1 atom stereocenters. The highest BCUT2D eigenvalue weighted by atomic mass is 16.5. The molecule has 2 N–H and O–H groups in total. The Morgan fingerprint density at radius 3 is 3.07 bits per heavy atom. The van der Waals surface area contributed by atoms with Gasteiger partial charge < -0.3 is 19.8 Å². The molecular formula is C19H17N5O3. The molecule has 1 fully saturated rings. The molecule has 8 nitrogen and oxygen atoms in total. The first-order valence-electron chi connectivity index (χ1n) is 8.73. The van der Waals surface area contributed by atoms with Gasteiger partial charge in [-0.1, -0.05) is 18.2 Å². The average Bonchev–Trinajstić information content (AvgIpc) is 3.29. The van der Waals surface area contributed by atoms with Crippen LogP contribution in [0.4, 0.5) is 0 Å². The lowest BCUT2D eigenvalue weighted by Gasteiger charge is -2.23. The lowest BCUT2D eigenvalue weighted by molar-refractivity contribution is -0.122. The molecule has 1 aliphatic rings. The van der Waals surface area contributed by atoms with Gasteiger partial charge in [0.2, 0.25) is 11.8 Å². The number of nitrogens with zero attached hydrogens (tertiary/aromatic N) is 3. The number of rotatable bonds is 4. The Bertz CT molecular complexity index is 1100. The first-order chi connectivity index (χ1) is 13.3. The van der Waals surface area contributed by atoms with Crippen molar-refractivity contribution in [3.63, 3.8) is 0 Å². The molecule has 0 aliphatic carbocycles.